The number of aromatic nitrogens is 3. The second-order valence-electron chi connectivity index (χ2n) is 4.03. The summed E-state index contributed by atoms with van der Waals surface area (Å²) in [6.45, 7) is 0. The monoisotopic (exact) mass is 296 g/mol. The fraction of sp³-hybridized carbons (Fsp3) is 0.182. The Labute approximate surface area is 115 Å². The Balaban J connectivity index is 2.32. The van der Waals surface area contributed by atoms with Crippen LogP contribution in [0.2, 0.25) is 0 Å². The molecule has 8 nitrogen and oxygen atoms in total. The lowest BCUT2D eigenvalue weighted by atomic mass is 10.2. The van der Waals surface area contributed by atoms with E-state index in [2.05, 4.69) is 14.8 Å². The fourth-order valence-corrected chi connectivity index (χ4v) is 2.72. The van der Waals surface area contributed by atoms with Crippen LogP contribution in [0.25, 0.3) is 0 Å². The maximum atomic E-state index is 12.1. The summed E-state index contributed by atoms with van der Waals surface area (Å²) < 4.78 is 27.7. The van der Waals surface area contributed by atoms with Gasteiger partial charge < -0.3 is 5.11 Å². The Morgan fingerprint density at radius 2 is 2.20 bits per heavy atom. The quantitative estimate of drug-likeness (QED) is 0.797. The summed E-state index contributed by atoms with van der Waals surface area (Å²) in [7, 11) is -2.36. The molecule has 106 valence electrons. The molecule has 2 rings (SSSR count). The minimum atomic E-state index is -3.97. The van der Waals surface area contributed by atoms with Crippen molar-refractivity contribution in [2.45, 2.75) is 10.9 Å². The maximum Gasteiger partial charge on any atom is 0.326 e. The van der Waals surface area contributed by atoms with E-state index in [1.807, 2.05) is 0 Å². The third-order valence-electron chi connectivity index (χ3n) is 2.52. The molecule has 2 heterocycles. The van der Waals surface area contributed by atoms with E-state index in [-0.39, 0.29) is 10.5 Å². The molecule has 0 aromatic carbocycles. The van der Waals surface area contributed by atoms with E-state index >= 15 is 0 Å². The van der Waals surface area contributed by atoms with Gasteiger partial charge in [0.2, 0.25) is 10.0 Å². The Bertz CT molecular complexity index is 711. The highest BCUT2D eigenvalue weighted by atomic mass is 32.2. The summed E-state index contributed by atoms with van der Waals surface area (Å²) in [5.41, 5.74) is 0.243. The molecule has 0 bridgehead atoms. The first-order valence-electron chi connectivity index (χ1n) is 5.54. The van der Waals surface area contributed by atoms with Crippen molar-refractivity contribution in [2.75, 3.05) is 0 Å². The van der Waals surface area contributed by atoms with Crippen LogP contribution in [0.15, 0.2) is 41.8 Å². The van der Waals surface area contributed by atoms with Crippen molar-refractivity contribution < 1.29 is 18.3 Å². The Kier molecular flexibility index (Phi) is 3.81. The summed E-state index contributed by atoms with van der Waals surface area (Å²) in [6, 6.07) is 1.38. The van der Waals surface area contributed by atoms with Gasteiger partial charge in [-0.25, -0.2) is 8.42 Å². The first kappa shape index (κ1) is 14.2. The molecular weight excluding hydrogens is 284 g/mol. The lowest BCUT2D eigenvalue weighted by molar-refractivity contribution is -0.139. The van der Waals surface area contributed by atoms with Gasteiger partial charge in [0.15, 0.2) is 0 Å². The van der Waals surface area contributed by atoms with E-state index < -0.39 is 22.0 Å². The van der Waals surface area contributed by atoms with Crippen molar-refractivity contribution in [1.29, 1.82) is 0 Å². The second-order valence-corrected chi connectivity index (χ2v) is 5.74. The molecule has 1 unspecified atom stereocenters. The molecule has 2 aromatic heterocycles. The van der Waals surface area contributed by atoms with Crippen LogP contribution in [0.5, 0.6) is 0 Å². The first-order chi connectivity index (χ1) is 9.40. The summed E-state index contributed by atoms with van der Waals surface area (Å²) in [5, 5.41) is 13.0. The lowest BCUT2D eigenvalue weighted by Crippen LogP contribution is -2.33. The first-order valence-corrected chi connectivity index (χ1v) is 7.02. The van der Waals surface area contributed by atoms with Crippen LogP contribution in [0.4, 0.5) is 0 Å². The molecule has 0 fully saturated rings. The van der Waals surface area contributed by atoms with Crippen LogP contribution >= 0.6 is 0 Å². The molecule has 0 aliphatic rings. The number of pyridine rings is 1. The van der Waals surface area contributed by atoms with Crippen molar-refractivity contribution in [2.24, 2.45) is 7.05 Å². The highest BCUT2D eigenvalue weighted by Crippen LogP contribution is 2.16. The summed E-state index contributed by atoms with van der Waals surface area (Å²) in [6.07, 6.45) is 5.30. The number of carboxylic acid groups (broad SMARTS) is 1. The molecule has 2 N–H and O–H groups in total. The third kappa shape index (κ3) is 3.00. The zero-order valence-electron chi connectivity index (χ0n) is 10.5. The minimum Gasteiger partial charge on any atom is -0.480 e. The average molecular weight is 296 g/mol. The van der Waals surface area contributed by atoms with Crippen molar-refractivity contribution in [3.05, 3.63) is 42.5 Å². The van der Waals surface area contributed by atoms with Gasteiger partial charge in [0, 0.05) is 31.2 Å². The Morgan fingerprint density at radius 3 is 2.70 bits per heavy atom. The van der Waals surface area contributed by atoms with Gasteiger partial charge in [0.05, 0.1) is 6.20 Å². The Hall–Kier alpha value is -2.26. The number of nitrogens with zero attached hydrogens (tertiary/aromatic N) is 3. The van der Waals surface area contributed by atoms with E-state index in [1.165, 1.54) is 35.4 Å². The highest BCUT2D eigenvalue weighted by molar-refractivity contribution is 7.89. The maximum absolute atomic E-state index is 12.1. The van der Waals surface area contributed by atoms with Crippen LogP contribution in [0.1, 0.15) is 11.6 Å². The molecule has 0 aliphatic carbocycles. The number of carboxylic acids is 1. The van der Waals surface area contributed by atoms with Crippen LogP contribution in [0.3, 0.4) is 0 Å². The minimum absolute atomic E-state index is 0.102. The largest absolute Gasteiger partial charge is 0.480 e. The molecule has 2 aromatic rings. The van der Waals surface area contributed by atoms with Gasteiger partial charge >= 0.3 is 5.97 Å². The van der Waals surface area contributed by atoms with Crippen molar-refractivity contribution >= 4 is 16.0 Å². The number of carbonyl (C=O) groups is 1. The predicted octanol–water partition coefficient (Wildman–Crippen LogP) is -0.0807. The second kappa shape index (κ2) is 5.39. The van der Waals surface area contributed by atoms with Crippen LogP contribution < -0.4 is 4.72 Å². The van der Waals surface area contributed by atoms with E-state index in [1.54, 1.807) is 7.05 Å². The number of aliphatic carboxylic acids is 1. The molecule has 1 atom stereocenters. The van der Waals surface area contributed by atoms with Crippen molar-refractivity contribution in [3.8, 4) is 0 Å². The van der Waals surface area contributed by atoms with Crippen LogP contribution in [-0.4, -0.2) is 34.3 Å². The molecule has 9 heteroatoms. The summed E-state index contributed by atoms with van der Waals surface area (Å²) in [4.78, 5) is 14.8. The molecule has 0 amide bonds. The lowest BCUT2D eigenvalue weighted by Gasteiger charge is -2.13. The highest BCUT2D eigenvalue weighted by Gasteiger charge is 2.28. The van der Waals surface area contributed by atoms with Crippen LogP contribution in [-0.2, 0) is 21.9 Å². The normalized spacial score (nSPS) is 13.1. The average Bonchev–Trinajstić information content (AvgIpc) is 2.83. The molecular formula is C11H12N4O4S. The van der Waals surface area contributed by atoms with E-state index in [4.69, 9.17) is 5.11 Å². The molecule has 0 radical (unpaired) electrons. The Morgan fingerprint density at radius 1 is 1.45 bits per heavy atom. The van der Waals surface area contributed by atoms with Gasteiger partial charge in [-0.15, -0.1) is 0 Å². The number of sulfonamides is 1. The van der Waals surface area contributed by atoms with Gasteiger partial charge in [-0.3, -0.25) is 14.5 Å². The topological polar surface area (TPSA) is 114 Å². The van der Waals surface area contributed by atoms with Crippen molar-refractivity contribution in [3.63, 3.8) is 0 Å². The van der Waals surface area contributed by atoms with Crippen molar-refractivity contribution in [1.82, 2.24) is 19.5 Å². The van der Waals surface area contributed by atoms with Gasteiger partial charge in [-0.2, -0.15) is 9.82 Å². The molecule has 0 aliphatic heterocycles. The number of hydrogen-bond acceptors (Lipinski definition) is 5. The SMILES string of the molecule is Cn1cc(C(NS(=O)(=O)c2cccnc2)C(=O)O)cn1. The van der Waals surface area contributed by atoms with Gasteiger partial charge in [0.1, 0.15) is 10.9 Å². The van der Waals surface area contributed by atoms with E-state index in [0.717, 1.165) is 6.20 Å². The third-order valence-corrected chi connectivity index (χ3v) is 3.93. The smallest absolute Gasteiger partial charge is 0.326 e. The number of rotatable bonds is 5. The molecule has 0 spiro atoms. The predicted molar refractivity (Wildman–Crippen MR) is 68.1 cm³/mol. The number of nitrogens with one attached hydrogen (secondary N) is 1. The molecule has 20 heavy (non-hydrogen) atoms. The zero-order chi connectivity index (χ0) is 14.8. The van der Waals surface area contributed by atoms with E-state index in [9.17, 15) is 13.2 Å². The summed E-state index contributed by atoms with van der Waals surface area (Å²) in [5.74, 6) is -1.31. The van der Waals surface area contributed by atoms with Crippen LogP contribution in [0, 0.1) is 0 Å². The van der Waals surface area contributed by atoms with Gasteiger partial charge in [0.25, 0.3) is 0 Å². The van der Waals surface area contributed by atoms with Gasteiger partial charge in [-0.1, -0.05) is 0 Å². The molecule has 0 saturated carbocycles. The number of hydrogen-bond donors (Lipinski definition) is 2. The molecule has 0 saturated heterocycles. The zero-order valence-corrected chi connectivity index (χ0v) is 11.3. The summed E-state index contributed by atoms with van der Waals surface area (Å²) >= 11 is 0. The standard InChI is InChI=1S/C11H12N4O4S/c1-15-7-8(5-13-15)10(11(16)17)14-20(18,19)9-3-2-4-12-6-9/h2-7,10,14H,1H3,(H,16,17). The van der Waals surface area contributed by atoms with Gasteiger partial charge in [-0.05, 0) is 12.1 Å². The van der Waals surface area contributed by atoms with E-state index in [0.29, 0.717) is 0 Å². The fourth-order valence-electron chi connectivity index (χ4n) is 1.58. The number of aryl methyl sites for hydroxylation is 1.